The van der Waals surface area contributed by atoms with Crippen molar-refractivity contribution in [2.24, 2.45) is 5.73 Å². The summed E-state index contributed by atoms with van der Waals surface area (Å²) in [6, 6.07) is 0. The molecule has 1 rings (SSSR count). The Bertz CT molecular complexity index is 289. The molecule has 1 heterocycles. The van der Waals surface area contributed by atoms with Crippen molar-refractivity contribution in [3.05, 3.63) is 0 Å². The van der Waals surface area contributed by atoms with Gasteiger partial charge < -0.3 is 20.1 Å². The maximum Gasteiger partial charge on any atom is 0.325 e. The molecule has 1 aliphatic rings. The maximum atomic E-state index is 11.6. The number of nitrogens with zero attached hydrogens (tertiary/aromatic N) is 1. The van der Waals surface area contributed by atoms with Crippen LogP contribution in [0.1, 0.15) is 46.0 Å². The van der Waals surface area contributed by atoms with E-state index >= 15 is 0 Å². The molecule has 1 fully saturated rings. The van der Waals surface area contributed by atoms with E-state index < -0.39 is 5.54 Å². The van der Waals surface area contributed by atoms with Crippen LogP contribution in [0.15, 0.2) is 0 Å². The second-order valence-corrected chi connectivity index (χ2v) is 5.99. The molecule has 5 nitrogen and oxygen atoms in total. The summed E-state index contributed by atoms with van der Waals surface area (Å²) in [6.45, 7) is 6.85. The Hall–Kier alpha value is -0.650. The van der Waals surface area contributed by atoms with Crippen LogP contribution in [0, 0.1) is 0 Å². The van der Waals surface area contributed by atoms with Gasteiger partial charge in [-0.05, 0) is 59.5 Å². The van der Waals surface area contributed by atoms with Crippen LogP contribution in [-0.2, 0) is 14.3 Å². The minimum Gasteiger partial charge on any atom is -0.465 e. The van der Waals surface area contributed by atoms with Gasteiger partial charge in [0.1, 0.15) is 5.54 Å². The molecule has 118 valence electrons. The number of nitrogens with two attached hydrogens (primary N) is 1. The quantitative estimate of drug-likeness (QED) is 0.514. The molecular weight excluding hydrogens is 256 g/mol. The first kappa shape index (κ1) is 17.4. The average Bonchev–Trinajstić information content (AvgIpc) is 2.88. The van der Waals surface area contributed by atoms with Gasteiger partial charge in [-0.25, -0.2) is 0 Å². The Morgan fingerprint density at radius 2 is 2.25 bits per heavy atom. The molecule has 2 N–H and O–H groups in total. The SMILES string of the molecule is CCOC(=O)C(C)(N)CCCCN(C)CC1CCCO1. The first-order valence-electron chi connectivity index (χ1n) is 7.72. The maximum absolute atomic E-state index is 11.6. The van der Waals surface area contributed by atoms with E-state index in [1.54, 1.807) is 13.8 Å². The fraction of sp³-hybridized carbons (Fsp3) is 0.933. The van der Waals surface area contributed by atoms with Gasteiger partial charge in [0.15, 0.2) is 0 Å². The third kappa shape index (κ3) is 6.20. The van der Waals surface area contributed by atoms with Gasteiger partial charge in [-0.3, -0.25) is 4.79 Å². The van der Waals surface area contributed by atoms with Crippen LogP contribution < -0.4 is 5.73 Å². The van der Waals surface area contributed by atoms with Crippen LogP contribution in [0.2, 0.25) is 0 Å². The largest absolute Gasteiger partial charge is 0.465 e. The molecule has 2 atom stereocenters. The summed E-state index contributed by atoms with van der Waals surface area (Å²) in [5.74, 6) is -0.298. The summed E-state index contributed by atoms with van der Waals surface area (Å²) in [5.41, 5.74) is 5.13. The first-order chi connectivity index (χ1) is 9.45. The molecule has 5 heteroatoms. The molecule has 0 radical (unpaired) electrons. The summed E-state index contributed by atoms with van der Waals surface area (Å²) in [5, 5.41) is 0. The number of carbonyl (C=O) groups is 1. The molecular formula is C15H30N2O3. The Balaban J connectivity index is 2.12. The topological polar surface area (TPSA) is 64.8 Å². The van der Waals surface area contributed by atoms with Gasteiger partial charge in [-0.1, -0.05) is 0 Å². The number of ether oxygens (including phenoxy) is 2. The van der Waals surface area contributed by atoms with Gasteiger partial charge in [0, 0.05) is 13.2 Å². The van der Waals surface area contributed by atoms with E-state index in [0.29, 0.717) is 19.1 Å². The van der Waals surface area contributed by atoms with Crippen molar-refractivity contribution >= 4 is 5.97 Å². The van der Waals surface area contributed by atoms with Crippen molar-refractivity contribution in [2.45, 2.75) is 57.6 Å². The molecule has 0 amide bonds. The van der Waals surface area contributed by atoms with Crippen LogP contribution in [0.4, 0.5) is 0 Å². The Morgan fingerprint density at radius 3 is 2.85 bits per heavy atom. The summed E-state index contributed by atoms with van der Waals surface area (Å²) >= 11 is 0. The fourth-order valence-electron chi connectivity index (χ4n) is 2.50. The van der Waals surface area contributed by atoms with Crippen molar-refractivity contribution in [3.8, 4) is 0 Å². The smallest absolute Gasteiger partial charge is 0.325 e. The van der Waals surface area contributed by atoms with E-state index in [4.69, 9.17) is 15.2 Å². The minimum atomic E-state index is -0.858. The molecule has 1 aliphatic heterocycles. The predicted molar refractivity (Wildman–Crippen MR) is 79.5 cm³/mol. The van der Waals surface area contributed by atoms with Crippen LogP contribution in [0.3, 0.4) is 0 Å². The standard InChI is InChI=1S/C15H30N2O3/c1-4-19-14(18)15(2,16)9-5-6-10-17(3)12-13-8-7-11-20-13/h13H,4-12,16H2,1-3H3. The highest BCUT2D eigenvalue weighted by atomic mass is 16.5. The zero-order chi connectivity index (χ0) is 15.0. The second kappa shape index (κ2) is 8.60. The predicted octanol–water partition coefficient (Wildman–Crippen LogP) is 1.55. The molecule has 0 aromatic carbocycles. The number of likely N-dealkylation sites (N-methyl/N-ethyl adjacent to an activating group) is 1. The van der Waals surface area contributed by atoms with Crippen molar-refractivity contribution < 1.29 is 14.3 Å². The van der Waals surface area contributed by atoms with E-state index in [1.165, 1.54) is 12.8 Å². The van der Waals surface area contributed by atoms with E-state index in [9.17, 15) is 4.79 Å². The fourth-order valence-corrected chi connectivity index (χ4v) is 2.50. The third-order valence-electron chi connectivity index (χ3n) is 3.77. The normalized spacial score (nSPS) is 21.9. The lowest BCUT2D eigenvalue weighted by Gasteiger charge is -2.23. The van der Waals surface area contributed by atoms with Crippen LogP contribution >= 0.6 is 0 Å². The lowest BCUT2D eigenvalue weighted by molar-refractivity contribution is -0.149. The summed E-state index contributed by atoms with van der Waals surface area (Å²) < 4.78 is 10.6. The number of unbranched alkanes of at least 4 members (excludes halogenated alkanes) is 1. The van der Waals surface area contributed by atoms with Crippen molar-refractivity contribution in [1.29, 1.82) is 0 Å². The molecule has 0 aromatic heterocycles. The number of esters is 1. The Morgan fingerprint density at radius 1 is 1.50 bits per heavy atom. The average molecular weight is 286 g/mol. The molecule has 1 saturated heterocycles. The van der Waals surface area contributed by atoms with Gasteiger partial charge >= 0.3 is 5.97 Å². The highest BCUT2D eigenvalue weighted by molar-refractivity contribution is 5.79. The molecule has 0 aliphatic carbocycles. The lowest BCUT2D eigenvalue weighted by atomic mass is 9.96. The number of rotatable bonds is 9. The van der Waals surface area contributed by atoms with Gasteiger partial charge in [0.25, 0.3) is 0 Å². The number of carbonyl (C=O) groups excluding carboxylic acids is 1. The van der Waals surface area contributed by atoms with E-state index in [1.807, 2.05) is 0 Å². The van der Waals surface area contributed by atoms with Gasteiger partial charge in [-0.15, -0.1) is 0 Å². The third-order valence-corrected chi connectivity index (χ3v) is 3.77. The summed E-state index contributed by atoms with van der Waals surface area (Å²) in [4.78, 5) is 13.9. The molecule has 0 saturated carbocycles. The zero-order valence-corrected chi connectivity index (χ0v) is 13.2. The highest BCUT2D eigenvalue weighted by Crippen LogP contribution is 2.15. The van der Waals surface area contributed by atoms with Crippen LogP contribution in [0.25, 0.3) is 0 Å². The Labute approximate surface area is 122 Å². The highest BCUT2D eigenvalue weighted by Gasteiger charge is 2.29. The second-order valence-electron chi connectivity index (χ2n) is 5.99. The minimum absolute atomic E-state index is 0.298. The molecule has 2 unspecified atom stereocenters. The molecule has 0 aromatic rings. The first-order valence-corrected chi connectivity index (χ1v) is 7.72. The molecule has 0 spiro atoms. The van der Waals surface area contributed by atoms with Crippen LogP contribution in [0.5, 0.6) is 0 Å². The van der Waals surface area contributed by atoms with Crippen molar-refractivity contribution in [3.63, 3.8) is 0 Å². The van der Waals surface area contributed by atoms with E-state index in [-0.39, 0.29) is 5.97 Å². The van der Waals surface area contributed by atoms with Gasteiger partial charge in [0.05, 0.1) is 12.7 Å². The van der Waals surface area contributed by atoms with E-state index in [0.717, 1.165) is 32.5 Å². The molecule has 20 heavy (non-hydrogen) atoms. The molecule has 0 bridgehead atoms. The van der Waals surface area contributed by atoms with Gasteiger partial charge in [-0.2, -0.15) is 0 Å². The number of hydrogen-bond donors (Lipinski definition) is 1. The Kier molecular flexibility index (Phi) is 7.48. The monoisotopic (exact) mass is 286 g/mol. The van der Waals surface area contributed by atoms with Crippen molar-refractivity contribution in [2.75, 3.05) is 33.4 Å². The zero-order valence-electron chi connectivity index (χ0n) is 13.2. The van der Waals surface area contributed by atoms with Crippen LogP contribution in [-0.4, -0.2) is 55.9 Å². The number of hydrogen-bond acceptors (Lipinski definition) is 5. The lowest BCUT2D eigenvalue weighted by Crippen LogP contribution is -2.46. The van der Waals surface area contributed by atoms with Crippen molar-refractivity contribution in [1.82, 2.24) is 4.90 Å². The summed E-state index contributed by atoms with van der Waals surface area (Å²) in [7, 11) is 2.12. The summed E-state index contributed by atoms with van der Waals surface area (Å²) in [6.07, 6.45) is 5.40. The van der Waals surface area contributed by atoms with E-state index in [2.05, 4.69) is 11.9 Å². The van der Waals surface area contributed by atoms with Gasteiger partial charge in [0.2, 0.25) is 0 Å².